The van der Waals surface area contributed by atoms with Gasteiger partial charge >= 0.3 is 26.2 Å². The van der Waals surface area contributed by atoms with Gasteiger partial charge in [-0.3, -0.25) is 0 Å². The van der Waals surface area contributed by atoms with Crippen molar-refractivity contribution in [2.75, 3.05) is 0 Å². The van der Waals surface area contributed by atoms with Gasteiger partial charge < -0.3 is 10.2 Å². The second kappa shape index (κ2) is 14.7. The summed E-state index contributed by atoms with van der Waals surface area (Å²) in [5.74, 6) is 0.144. The standard InChI is InChI=1S/C13H9.2C6H6O.C5H5.Zr/c1-3-7-12-10(5-1)9-11-6-2-4-8-13(11)12;2*7-6-4-2-1-3-5-6;1-2-4-5-3-1;/h1-5,7-8H,9H2;2*1-5,7H;1-5H;/q-1;;;-1;+4/p-2. The Kier molecular flexibility index (Phi) is 11.6. The van der Waals surface area contributed by atoms with E-state index in [2.05, 4.69) is 42.5 Å². The van der Waals surface area contributed by atoms with E-state index < -0.39 is 0 Å². The molecule has 0 aliphatic heterocycles. The van der Waals surface area contributed by atoms with Gasteiger partial charge in [-0.2, -0.15) is 48.0 Å². The minimum atomic E-state index is 0. The molecule has 6 rings (SSSR count). The van der Waals surface area contributed by atoms with Crippen molar-refractivity contribution < 1.29 is 36.4 Å². The first-order valence-corrected chi connectivity index (χ1v) is 10.4. The smallest absolute Gasteiger partial charge is 0.872 e. The van der Waals surface area contributed by atoms with Gasteiger partial charge in [-0.05, 0) is 6.42 Å². The largest absolute Gasteiger partial charge is 4.00 e. The summed E-state index contributed by atoms with van der Waals surface area (Å²) >= 11 is 0. The Hall–Kier alpha value is -3.29. The van der Waals surface area contributed by atoms with Gasteiger partial charge in [0.05, 0.1) is 0 Å². The van der Waals surface area contributed by atoms with Gasteiger partial charge in [-0.1, -0.05) is 96.1 Å². The van der Waals surface area contributed by atoms with Crippen molar-refractivity contribution in [1.82, 2.24) is 0 Å². The Balaban J connectivity index is 0.000000166. The molecule has 33 heavy (non-hydrogen) atoms. The number of benzene rings is 4. The van der Waals surface area contributed by atoms with Crippen LogP contribution in [0, 0.1) is 6.07 Å². The fourth-order valence-electron chi connectivity index (χ4n) is 3.16. The van der Waals surface area contributed by atoms with Crippen molar-refractivity contribution in [2.45, 2.75) is 6.42 Å². The van der Waals surface area contributed by atoms with Gasteiger partial charge in [0, 0.05) is 0 Å². The van der Waals surface area contributed by atoms with E-state index in [1.165, 1.54) is 46.5 Å². The average Bonchev–Trinajstić information content (AvgIpc) is 3.53. The maximum Gasteiger partial charge on any atom is 4.00 e. The van der Waals surface area contributed by atoms with Crippen LogP contribution in [0.3, 0.4) is 0 Å². The monoisotopic (exact) mass is 506 g/mol. The molecule has 3 heteroatoms. The SMILES string of the molecule is [O-]c1ccccc1.[O-]c1ccccc1.[Zr+4].[c-]1cccc2c1Cc1ccccc1-2.c1cc[cH-]c1. The van der Waals surface area contributed by atoms with Crippen LogP contribution in [0.5, 0.6) is 11.5 Å². The number of fused-ring (bicyclic) bond motifs is 3. The van der Waals surface area contributed by atoms with Crippen LogP contribution in [0.4, 0.5) is 0 Å². The number of rotatable bonds is 0. The molecule has 0 radical (unpaired) electrons. The first-order valence-electron chi connectivity index (χ1n) is 10.4. The summed E-state index contributed by atoms with van der Waals surface area (Å²) in [4.78, 5) is 0. The molecule has 1 aliphatic rings. The Morgan fingerprint density at radius 3 is 1.58 bits per heavy atom. The van der Waals surface area contributed by atoms with E-state index in [0.717, 1.165) is 6.42 Å². The Morgan fingerprint density at radius 2 is 1.09 bits per heavy atom. The molecule has 0 bridgehead atoms. The van der Waals surface area contributed by atoms with Gasteiger partial charge in [0.1, 0.15) is 0 Å². The predicted octanol–water partition coefficient (Wildman–Crippen LogP) is 5.98. The molecule has 5 aromatic rings. The van der Waals surface area contributed by atoms with Gasteiger partial charge in [-0.25, -0.2) is 12.1 Å². The molecule has 0 heterocycles. The molecule has 160 valence electrons. The minimum Gasteiger partial charge on any atom is -0.872 e. The Morgan fingerprint density at radius 1 is 0.576 bits per heavy atom. The first-order chi connectivity index (χ1) is 15.7. The van der Waals surface area contributed by atoms with E-state index in [4.69, 9.17) is 0 Å². The Labute approximate surface area is 215 Å². The van der Waals surface area contributed by atoms with Crippen LogP contribution >= 0.6 is 0 Å². The molecule has 0 amide bonds. The molecule has 0 atom stereocenters. The molecule has 0 aromatic heterocycles. The zero-order chi connectivity index (χ0) is 22.4. The molecule has 0 saturated carbocycles. The molecular formula is C30H24O2Zr. The maximum atomic E-state index is 10.3. The fourth-order valence-corrected chi connectivity index (χ4v) is 3.16. The van der Waals surface area contributed by atoms with E-state index in [9.17, 15) is 10.2 Å². The van der Waals surface area contributed by atoms with Gasteiger partial charge in [0.2, 0.25) is 0 Å². The molecular weight excluding hydrogens is 484 g/mol. The van der Waals surface area contributed by atoms with Crippen molar-refractivity contribution in [3.8, 4) is 22.6 Å². The minimum absolute atomic E-state index is 0. The van der Waals surface area contributed by atoms with E-state index in [1.807, 2.05) is 48.5 Å². The third-order valence-electron chi connectivity index (χ3n) is 4.66. The molecule has 0 spiro atoms. The summed E-state index contributed by atoms with van der Waals surface area (Å²) in [6, 6.07) is 44.8. The molecule has 0 saturated heterocycles. The van der Waals surface area contributed by atoms with Crippen molar-refractivity contribution in [3.05, 3.63) is 151 Å². The van der Waals surface area contributed by atoms with Crippen LogP contribution in [0.2, 0.25) is 0 Å². The number of hydrogen-bond donors (Lipinski definition) is 0. The summed E-state index contributed by atoms with van der Waals surface area (Å²) in [5, 5.41) is 20.5. The normalized spacial score (nSPS) is 9.70. The number of para-hydroxylation sites is 2. The first kappa shape index (κ1) is 26.0. The molecule has 0 unspecified atom stereocenters. The van der Waals surface area contributed by atoms with E-state index in [0.29, 0.717) is 0 Å². The third-order valence-corrected chi connectivity index (χ3v) is 4.66. The quantitative estimate of drug-likeness (QED) is 0.237. The van der Waals surface area contributed by atoms with Gasteiger partial charge in [-0.15, -0.1) is 17.1 Å². The molecule has 1 aliphatic carbocycles. The van der Waals surface area contributed by atoms with Crippen molar-refractivity contribution in [1.29, 1.82) is 0 Å². The molecule has 2 nitrogen and oxygen atoms in total. The van der Waals surface area contributed by atoms with Crippen LogP contribution in [-0.2, 0) is 32.6 Å². The molecule has 5 aromatic carbocycles. The maximum absolute atomic E-state index is 10.3. The van der Waals surface area contributed by atoms with Crippen LogP contribution in [-0.4, -0.2) is 0 Å². The summed E-state index contributed by atoms with van der Waals surface area (Å²) in [5.41, 5.74) is 5.51. The van der Waals surface area contributed by atoms with Crippen LogP contribution < -0.4 is 10.2 Å². The second-order valence-corrected chi connectivity index (χ2v) is 6.98. The topological polar surface area (TPSA) is 46.1 Å². The van der Waals surface area contributed by atoms with Crippen molar-refractivity contribution in [2.24, 2.45) is 0 Å². The van der Waals surface area contributed by atoms with Crippen molar-refractivity contribution >= 4 is 0 Å². The summed E-state index contributed by atoms with van der Waals surface area (Å²) in [6.45, 7) is 0. The average molecular weight is 508 g/mol. The van der Waals surface area contributed by atoms with E-state index in [-0.39, 0.29) is 37.7 Å². The molecule has 0 fully saturated rings. The van der Waals surface area contributed by atoms with Gasteiger partial charge in [0.15, 0.2) is 0 Å². The van der Waals surface area contributed by atoms with Crippen LogP contribution in [0.15, 0.2) is 133 Å². The summed E-state index contributed by atoms with van der Waals surface area (Å²) in [6.07, 6.45) is 1.05. The zero-order valence-corrected chi connectivity index (χ0v) is 20.7. The second-order valence-electron chi connectivity index (χ2n) is 6.98. The van der Waals surface area contributed by atoms with E-state index in [1.54, 1.807) is 24.3 Å². The number of hydrogen-bond acceptors (Lipinski definition) is 2. The van der Waals surface area contributed by atoms with E-state index >= 15 is 0 Å². The van der Waals surface area contributed by atoms with Crippen LogP contribution in [0.1, 0.15) is 11.1 Å². The molecule has 0 N–H and O–H groups in total. The Bertz CT molecular complexity index is 1060. The third kappa shape index (κ3) is 9.00. The zero-order valence-electron chi connectivity index (χ0n) is 18.2. The van der Waals surface area contributed by atoms with Gasteiger partial charge in [0.25, 0.3) is 0 Å². The van der Waals surface area contributed by atoms with Crippen LogP contribution in [0.25, 0.3) is 11.1 Å². The summed E-state index contributed by atoms with van der Waals surface area (Å²) < 4.78 is 0. The van der Waals surface area contributed by atoms with Crippen molar-refractivity contribution in [3.63, 3.8) is 0 Å². The predicted molar refractivity (Wildman–Crippen MR) is 127 cm³/mol. The fraction of sp³-hybridized carbons (Fsp3) is 0.0333. The summed E-state index contributed by atoms with van der Waals surface area (Å²) in [7, 11) is 0.